The van der Waals surface area contributed by atoms with E-state index in [1.807, 2.05) is 49.4 Å². The first-order valence-corrected chi connectivity index (χ1v) is 11.3. The summed E-state index contributed by atoms with van der Waals surface area (Å²) in [5, 5.41) is 5.93. The smallest absolute Gasteiger partial charge is 0.262 e. The number of nitrogens with one attached hydrogen (secondary N) is 2. The molecule has 2 aromatic rings. The van der Waals surface area contributed by atoms with Crippen molar-refractivity contribution < 1.29 is 9.59 Å². The number of aryl methyl sites for hydroxylation is 1. The first-order valence-electron chi connectivity index (χ1n) is 10.5. The lowest BCUT2D eigenvalue weighted by atomic mass is 9.97. The minimum absolute atomic E-state index is 0.102. The third kappa shape index (κ3) is 5.03. The van der Waals surface area contributed by atoms with Gasteiger partial charge in [0, 0.05) is 17.0 Å². The van der Waals surface area contributed by atoms with Gasteiger partial charge in [-0.3, -0.25) is 9.59 Å². The summed E-state index contributed by atoms with van der Waals surface area (Å²) in [7, 11) is 0. The number of carbonyl (C=O) groups excluding carboxylic acids is 2. The van der Waals surface area contributed by atoms with Gasteiger partial charge in [-0.05, 0) is 68.9 Å². The van der Waals surface area contributed by atoms with E-state index in [4.69, 9.17) is 0 Å². The Kier molecular flexibility index (Phi) is 6.38. The van der Waals surface area contributed by atoms with E-state index >= 15 is 0 Å². The van der Waals surface area contributed by atoms with Gasteiger partial charge in [0.05, 0.1) is 10.6 Å². The number of allylic oxidation sites excluding steroid dienone is 1. The molecule has 2 N–H and O–H groups in total. The van der Waals surface area contributed by atoms with Crippen LogP contribution in [0.1, 0.15) is 53.6 Å². The van der Waals surface area contributed by atoms with E-state index in [1.165, 1.54) is 30.2 Å². The van der Waals surface area contributed by atoms with Crippen molar-refractivity contribution in [1.29, 1.82) is 0 Å². The van der Waals surface area contributed by atoms with E-state index in [1.54, 1.807) is 6.07 Å². The summed E-state index contributed by atoms with van der Waals surface area (Å²) in [6, 6.07) is 13.5. The molecule has 1 aliphatic carbocycles. The first-order chi connectivity index (χ1) is 14.6. The van der Waals surface area contributed by atoms with E-state index < -0.39 is 0 Å². The number of hydrogen-bond acceptors (Lipinski definition) is 3. The highest BCUT2D eigenvalue weighted by molar-refractivity contribution is 8.04. The molecule has 0 saturated heterocycles. The maximum Gasteiger partial charge on any atom is 0.262 e. The minimum Gasteiger partial charge on any atom is -0.352 e. The second-order valence-electron chi connectivity index (χ2n) is 7.80. The molecular weight excluding hydrogens is 392 g/mol. The monoisotopic (exact) mass is 418 g/mol. The second-order valence-corrected chi connectivity index (χ2v) is 8.89. The quantitative estimate of drug-likeness (QED) is 0.484. The van der Waals surface area contributed by atoms with Crippen LogP contribution in [0.25, 0.3) is 6.08 Å². The van der Waals surface area contributed by atoms with Crippen molar-refractivity contribution in [3.05, 3.63) is 75.7 Å². The van der Waals surface area contributed by atoms with Crippen molar-refractivity contribution in [3.8, 4) is 0 Å². The number of rotatable bonds is 5. The number of anilines is 1. The summed E-state index contributed by atoms with van der Waals surface area (Å²) >= 11 is 1.43. The number of amides is 2. The summed E-state index contributed by atoms with van der Waals surface area (Å²) < 4.78 is 0. The highest BCUT2D eigenvalue weighted by Crippen LogP contribution is 2.39. The lowest BCUT2D eigenvalue weighted by Crippen LogP contribution is -2.25. The van der Waals surface area contributed by atoms with Crippen molar-refractivity contribution in [2.24, 2.45) is 0 Å². The standard InChI is InChI=1S/C25H26N2O2S/c1-17-6-5-9-19(14-17)15-23-25(29)27-21-16-20(10-11-22(21)30-23)24(28)26-13-12-18-7-3-2-4-8-18/h5-7,9-11,14-16H,2-4,8,12-13H2,1H3,(H,26,28)(H,27,29)/b23-15+. The van der Waals surface area contributed by atoms with Crippen molar-refractivity contribution in [2.75, 3.05) is 11.9 Å². The van der Waals surface area contributed by atoms with E-state index in [0.29, 0.717) is 22.7 Å². The average Bonchev–Trinajstić information content (AvgIpc) is 2.75. The van der Waals surface area contributed by atoms with Crippen LogP contribution in [-0.2, 0) is 4.79 Å². The lowest BCUT2D eigenvalue weighted by molar-refractivity contribution is -0.112. The van der Waals surface area contributed by atoms with Crippen LogP contribution in [-0.4, -0.2) is 18.4 Å². The van der Waals surface area contributed by atoms with Crippen LogP contribution < -0.4 is 10.6 Å². The molecule has 4 rings (SSSR count). The highest BCUT2D eigenvalue weighted by Gasteiger charge is 2.22. The Morgan fingerprint density at radius 3 is 2.90 bits per heavy atom. The Balaban J connectivity index is 1.41. The molecule has 5 heteroatoms. The van der Waals surface area contributed by atoms with Gasteiger partial charge in [-0.1, -0.05) is 53.2 Å². The highest BCUT2D eigenvalue weighted by atomic mass is 32.2. The second kappa shape index (κ2) is 9.35. The minimum atomic E-state index is -0.143. The van der Waals surface area contributed by atoms with Crippen LogP contribution in [0.5, 0.6) is 0 Å². The van der Waals surface area contributed by atoms with Crippen molar-refractivity contribution in [2.45, 2.75) is 43.9 Å². The molecule has 0 aromatic heterocycles. The van der Waals surface area contributed by atoms with E-state index in [9.17, 15) is 9.59 Å². The van der Waals surface area contributed by atoms with Gasteiger partial charge in [0.1, 0.15) is 0 Å². The Morgan fingerprint density at radius 1 is 1.20 bits per heavy atom. The van der Waals surface area contributed by atoms with Crippen LogP contribution in [0.2, 0.25) is 0 Å². The van der Waals surface area contributed by atoms with Crippen molar-refractivity contribution in [1.82, 2.24) is 5.32 Å². The zero-order valence-corrected chi connectivity index (χ0v) is 18.0. The molecule has 0 bridgehead atoms. The number of fused-ring (bicyclic) bond motifs is 1. The number of thioether (sulfide) groups is 1. The molecule has 0 saturated carbocycles. The maximum atomic E-state index is 12.6. The Hall–Kier alpha value is -2.79. The van der Waals surface area contributed by atoms with Crippen LogP contribution in [0.15, 0.2) is 63.9 Å². The van der Waals surface area contributed by atoms with Gasteiger partial charge in [0.2, 0.25) is 0 Å². The summed E-state index contributed by atoms with van der Waals surface area (Å²) in [6.45, 7) is 2.68. The molecule has 30 heavy (non-hydrogen) atoms. The van der Waals surface area contributed by atoms with E-state index in [0.717, 1.165) is 35.3 Å². The molecule has 0 unspecified atom stereocenters. The summed E-state index contributed by atoms with van der Waals surface area (Å²) in [5.74, 6) is -0.245. The van der Waals surface area contributed by atoms with Gasteiger partial charge in [-0.25, -0.2) is 0 Å². The van der Waals surface area contributed by atoms with E-state index in [2.05, 4.69) is 16.7 Å². The molecule has 0 radical (unpaired) electrons. The molecule has 2 amide bonds. The maximum absolute atomic E-state index is 12.6. The first kappa shape index (κ1) is 20.5. The summed E-state index contributed by atoms with van der Waals surface area (Å²) in [5.41, 5.74) is 4.86. The largest absolute Gasteiger partial charge is 0.352 e. The fraction of sp³-hybridized carbons (Fsp3) is 0.280. The van der Waals surface area contributed by atoms with Crippen LogP contribution in [0, 0.1) is 6.92 Å². The molecular formula is C25H26N2O2S. The van der Waals surface area contributed by atoms with Gasteiger partial charge in [0.15, 0.2) is 0 Å². The summed E-state index contributed by atoms with van der Waals surface area (Å²) in [4.78, 5) is 26.7. The zero-order valence-electron chi connectivity index (χ0n) is 17.2. The molecule has 1 heterocycles. The summed E-state index contributed by atoms with van der Waals surface area (Å²) in [6.07, 6.45) is 9.96. The molecule has 1 aliphatic heterocycles. The predicted molar refractivity (Wildman–Crippen MR) is 124 cm³/mol. The van der Waals surface area contributed by atoms with Gasteiger partial charge in [-0.15, -0.1) is 0 Å². The Morgan fingerprint density at radius 2 is 2.10 bits per heavy atom. The van der Waals surface area contributed by atoms with Crippen molar-refractivity contribution in [3.63, 3.8) is 0 Å². The molecule has 0 fully saturated rings. The van der Waals surface area contributed by atoms with Gasteiger partial charge in [0.25, 0.3) is 11.8 Å². The molecule has 154 valence electrons. The molecule has 0 spiro atoms. The topological polar surface area (TPSA) is 58.2 Å². The Bertz CT molecular complexity index is 1040. The van der Waals surface area contributed by atoms with Gasteiger partial charge in [-0.2, -0.15) is 0 Å². The third-order valence-electron chi connectivity index (χ3n) is 5.39. The molecule has 2 aliphatic rings. The third-order valence-corrected chi connectivity index (χ3v) is 6.49. The lowest BCUT2D eigenvalue weighted by Gasteiger charge is -2.19. The molecule has 4 nitrogen and oxygen atoms in total. The van der Waals surface area contributed by atoms with Crippen LogP contribution >= 0.6 is 11.8 Å². The fourth-order valence-corrected chi connectivity index (χ4v) is 4.71. The van der Waals surface area contributed by atoms with Crippen LogP contribution in [0.4, 0.5) is 5.69 Å². The molecule has 0 atom stereocenters. The van der Waals surface area contributed by atoms with Crippen molar-refractivity contribution >= 4 is 35.3 Å². The van der Waals surface area contributed by atoms with Gasteiger partial charge >= 0.3 is 0 Å². The molecule has 2 aromatic carbocycles. The zero-order chi connectivity index (χ0) is 20.9. The van der Waals surface area contributed by atoms with E-state index in [-0.39, 0.29) is 11.8 Å². The predicted octanol–water partition coefficient (Wildman–Crippen LogP) is 5.70. The number of carbonyl (C=O) groups is 2. The van der Waals surface area contributed by atoms with Gasteiger partial charge < -0.3 is 10.6 Å². The average molecular weight is 419 g/mol. The normalized spacial score (nSPS) is 17.2. The Labute approximate surface area is 181 Å². The van der Waals surface area contributed by atoms with Crippen LogP contribution in [0.3, 0.4) is 0 Å². The number of hydrogen-bond donors (Lipinski definition) is 2. The fourth-order valence-electron chi connectivity index (χ4n) is 3.78. The number of benzene rings is 2. The SMILES string of the molecule is Cc1cccc(/C=C2/Sc3ccc(C(=O)NCCC4=CCCCC4)cc3NC2=O)c1.